The largest absolute Gasteiger partial charge is 0.493 e. The van der Waals surface area contributed by atoms with Crippen LogP contribution in [-0.2, 0) is 16.1 Å². The minimum atomic E-state index is -0.788. The van der Waals surface area contributed by atoms with Gasteiger partial charge in [-0.2, -0.15) is 0 Å². The Morgan fingerprint density at radius 2 is 1.71 bits per heavy atom. The van der Waals surface area contributed by atoms with Crippen LogP contribution in [0.2, 0.25) is 5.02 Å². The molecule has 6 nitrogen and oxygen atoms in total. The standard InChI is InChI=1S/C17H17ClN2O4/c1-23-14-8-7-11(9-15(14)24-2)10-19-16(21)17(22)20-13-6-4-3-5-12(13)18/h3-9H,10H2,1-2H3,(H,19,21)(H,20,22). The Bertz CT molecular complexity index is 749. The van der Waals surface area contributed by atoms with E-state index in [9.17, 15) is 9.59 Å². The van der Waals surface area contributed by atoms with Gasteiger partial charge in [0.25, 0.3) is 0 Å². The van der Waals surface area contributed by atoms with Crippen LogP contribution in [0.15, 0.2) is 42.5 Å². The number of amides is 2. The molecule has 2 aromatic carbocycles. The summed E-state index contributed by atoms with van der Waals surface area (Å²) in [5, 5.41) is 5.36. The van der Waals surface area contributed by atoms with Gasteiger partial charge in [0.1, 0.15) is 0 Å². The molecule has 0 aliphatic carbocycles. The van der Waals surface area contributed by atoms with Crippen molar-refractivity contribution < 1.29 is 19.1 Å². The molecule has 0 aromatic heterocycles. The number of methoxy groups -OCH3 is 2. The molecule has 0 unspecified atom stereocenters. The number of hydrogen-bond donors (Lipinski definition) is 2. The summed E-state index contributed by atoms with van der Waals surface area (Å²) in [6, 6.07) is 11.9. The monoisotopic (exact) mass is 348 g/mol. The molecule has 24 heavy (non-hydrogen) atoms. The molecule has 2 aromatic rings. The van der Waals surface area contributed by atoms with Crippen LogP contribution in [0, 0.1) is 0 Å². The average molecular weight is 349 g/mol. The van der Waals surface area contributed by atoms with Gasteiger partial charge >= 0.3 is 11.8 Å². The van der Waals surface area contributed by atoms with Gasteiger partial charge in [-0.25, -0.2) is 0 Å². The third-order valence-electron chi connectivity index (χ3n) is 3.23. The molecule has 0 heterocycles. The molecule has 0 atom stereocenters. The van der Waals surface area contributed by atoms with Gasteiger partial charge in [0, 0.05) is 6.54 Å². The molecule has 7 heteroatoms. The number of carbonyl (C=O) groups is 2. The summed E-state index contributed by atoms with van der Waals surface area (Å²) in [6.07, 6.45) is 0. The molecule has 0 aliphatic rings. The van der Waals surface area contributed by atoms with Crippen molar-refractivity contribution in [1.82, 2.24) is 5.32 Å². The van der Waals surface area contributed by atoms with Crippen LogP contribution in [0.25, 0.3) is 0 Å². The van der Waals surface area contributed by atoms with Crippen LogP contribution in [0.1, 0.15) is 5.56 Å². The topological polar surface area (TPSA) is 76.7 Å². The number of hydrogen-bond acceptors (Lipinski definition) is 4. The Labute approximate surface area is 144 Å². The Morgan fingerprint density at radius 1 is 1.00 bits per heavy atom. The summed E-state index contributed by atoms with van der Waals surface area (Å²) in [6.45, 7) is 0.176. The molecule has 0 saturated carbocycles. The van der Waals surface area contributed by atoms with Gasteiger partial charge in [-0.1, -0.05) is 29.8 Å². The molecule has 0 spiro atoms. The highest BCUT2D eigenvalue weighted by Gasteiger charge is 2.15. The quantitative estimate of drug-likeness (QED) is 0.814. The Morgan fingerprint density at radius 3 is 2.38 bits per heavy atom. The molecular weight excluding hydrogens is 332 g/mol. The second-order valence-electron chi connectivity index (χ2n) is 4.81. The SMILES string of the molecule is COc1ccc(CNC(=O)C(=O)Nc2ccccc2Cl)cc1OC. The second-order valence-corrected chi connectivity index (χ2v) is 5.21. The summed E-state index contributed by atoms with van der Waals surface area (Å²) in [5.74, 6) is -0.415. The maximum atomic E-state index is 11.9. The summed E-state index contributed by atoms with van der Waals surface area (Å²) in [7, 11) is 3.07. The van der Waals surface area contributed by atoms with Crippen LogP contribution in [0.3, 0.4) is 0 Å². The van der Waals surface area contributed by atoms with Crippen LogP contribution in [0.4, 0.5) is 5.69 Å². The number of halogens is 1. The minimum absolute atomic E-state index is 0.176. The Hall–Kier alpha value is -2.73. The number of rotatable bonds is 5. The van der Waals surface area contributed by atoms with Crippen molar-refractivity contribution in [2.75, 3.05) is 19.5 Å². The molecular formula is C17H17ClN2O4. The van der Waals surface area contributed by atoms with Crippen molar-refractivity contribution in [3.8, 4) is 11.5 Å². The fourth-order valence-corrected chi connectivity index (χ4v) is 2.18. The summed E-state index contributed by atoms with van der Waals surface area (Å²) in [5.41, 5.74) is 1.15. The fraction of sp³-hybridized carbons (Fsp3) is 0.176. The molecule has 2 amide bonds. The van der Waals surface area contributed by atoms with Gasteiger partial charge in [-0.15, -0.1) is 0 Å². The van der Waals surface area contributed by atoms with Crippen molar-refractivity contribution in [2.45, 2.75) is 6.54 Å². The zero-order valence-corrected chi connectivity index (χ0v) is 14.0. The first-order valence-electron chi connectivity index (χ1n) is 7.09. The number of anilines is 1. The fourth-order valence-electron chi connectivity index (χ4n) is 1.99. The Kier molecular flexibility index (Phi) is 6.03. The van der Waals surface area contributed by atoms with Crippen LogP contribution < -0.4 is 20.1 Å². The third kappa shape index (κ3) is 4.39. The van der Waals surface area contributed by atoms with E-state index in [1.165, 1.54) is 7.11 Å². The van der Waals surface area contributed by atoms with E-state index in [0.717, 1.165) is 5.56 Å². The maximum absolute atomic E-state index is 11.9. The van der Waals surface area contributed by atoms with E-state index in [4.69, 9.17) is 21.1 Å². The number of nitrogens with one attached hydrogen (secondary N) is 2. The van der Waals surface area contributed by atoms with Crippen LogP contribution in [0.5, 0.6) is 11.5 Å². The first kappa shape index (κ1) is 17.6. The van der Waals surface area contributed by atoms with Crippen molar-refractivity contribution in [3.05, 3.63) is 53.1 Å². The van der Waals surface area contributed by atoms with Crippen molar-refractivity contribution >= 4 is 29.1 Å². The normalized spacial score (nSPS) is 9.96. The smallest absolute Gasteiger partial charge is 0.313 e. The molecule has 0 saturated heterocycles. The maximum Gasteiger partial charge on any atom is 0.313 e. The summed E-state index contributed by atoms with van der Waals surface area (Å²) >= 11 is 5.94. The molecule has 2 rings (SSSR count). The highest BCUT2D eigenvalue weighted by Crippen LogP contribution is 2.27. The van der Waals surface area contributed by atoms with Gasteiger partial charge < -0.3 is 20.1 Å². The van der Waals surface area contributed by atoms with E-state index in [0.29, 0.717) is 22.2 Å². The lowest BCUT2D eigenvalue weighted by atomic mass is 10.2. The van der Waals surface area contributed by atoms with E-state index in [-0.39, 0.29) is 6.54 Å². The highest BCUT2D eigenvalue weighted by atomic mass is 35.5. The molecule has 0 radical (unpaired) electrons. The van der Waals surface area contributed by atoms with Crippen LogP contribution >= 0.6 is 11.6 Å². The van der Waals surface area contributed by atoms with Gasteiger partial charge in [-0.05, 0) is 29.8 Å². The molecule has 126 valence electrons. The molecule has 0 fully saturated rings. The van der Waals surface area contributed by atoms with Crippen molar-refractivity contribution in [3.63, 3.8) is 0 Å². The van der Waals surface area contributed by atoms with Crippen molar-refractivity contribution in [1.29, 1.82) is 0 Å². The van der Waals surface area contributed by atoms with E-state index in [1.807, 2.05) is 0 Å². The van der Waals surface area contributed by atoms with Gasteiger partial charge in [0.15, 0.2) is 11.5 Å². The molecule has 2 N–H and O–H groups in total. The highest BCUT2D eigenvalue weighted by molar-refractivity contribution is 6.41. The first-order chi connectivity index (χ1) is 11.5. The Balaban J connectivity index is 1.95. The molecule has 0 aliphatic heterocycles. The second kappa shape index (κ2) is 8.21. The van der Waals surface area contributed by atoms with E-state index < -0.39 is 11.8 Å². The van der Waals surface area contributed by atoms with Gasteiger partial charge in [0.2, 0.25) is 0 Å². The zero-order valence-electron chi connectivity index (χ0n) is 13.3. The number of benzene rings is 2. The van der Waals surface area contributed by atoms with Gasteiger partial charge in [-0.3, -0.25) is 9.59 Å². The van der Waals surface area contributed by atoms with Gasteiger partial charge in [0.05, 0.1) is 24.9 Å². The lowest BCUT2D eigenvalue weighted by Crippen LogP contribution is -2.35. The summed E-state index contributed by atoms with van der Waals surface area (Å²) < 4.78 is 10.3. The zero-order chi connectivity index (χ0) is 17.5. The van der Waals surface area contributed by atoms with E-state index in [2.05, 4.69) is 10.6 Å². The van der Waals surface area contributed by atoms with E-state index in [1.54, 1.807) is 49.6 Å². The number of ether oxygens (including phenoxy) is 2. The predicted molar refractivity (Wildman–Crippen MR) is 91.5 cm³/mol. The lowest BCUT2D eigenvalue weighted by molar-refractivity contribution is -0.136. The van der Waals surface area contributed by atoms with E-state index >= 15 is 0 Å². The minimum Gasteiger partial charge on any atom is -0.493 e. The van der Waals surface area contributed by atoms with Crippen molar-refractivity contribution in [2.24, 2.45) is 0 Å². The lowest BCUT2D eigenvalue weighted by Gasteiger charge is -2.10. The predicted octanol–water partition coefficient (Wildman–Crippen LogP) is 2.61. The summed E-state index contributed by atoms with van der Waals surface area (Å²) in [4.78, 5) is 23.8. The average Bonchev–Trinajstić information content (AvgIpc) is 2.61. The number of carbonyl (C=O) groups excluding carboxylic acids is 2. The number of para-hydroxylation sites is 1. The first-order valence-corrected chi connectivity index (χ1v) is 7.47. The molecule has 0 bridgehead atoms. The van der Waals surface area contributed by atoms with Crippen LogP contribution in [-0.4, -0.2) is 26.0 Å². The third-order valence-corrected chi connectivity index (χ3v) is 3.56.